The highest BCUT2D eigenvalue weighted by molar-refractivity contribution is 14.1. The Morgan fingerprint density at radius 2 is 1.62 bits per heavy atom. The third-order valence-corrected chi connectivity index (χ3v) is 4.42. The van der Waals surface area contributed by atoms with Crippen LogP contribution in [0.4, 0.5) is 8.78 Å². The van der Waals surface area contributed by atoms with Crippen LogP contribution in [0.25, 0.3) is 0 Å². The number of hydrogen-bond donors (Lipinski definition) is 0. The predicted octanol–water partition coefficient (Wildman–Crippen LogP) is 4.91. The lowest BCUT2D eigenvalue weighted by Crippen LogP contribution is -2.02. The van der Waals surface area contributed by atoms with Gasteiger partial charge in [-0.05, 0) is 46.4 Å². The Morgan fingerprint density at radius 3 is 2.19 bits per heavy atom. The average Bonchev–Trinajstić information content (AvgIpc) is 2.46. The molecule has 0 aliphatic carbocycles. The second-order valence-corrected chi connectivity index (χ2v) is 5.86. The minimum atomic E-state index is -0.752. The summed E-state index contributed by atoms with van der Waals surface area (Å²) in [7, 11) is 2.89. The molecule has 0 amide bonds. The zero-order valence-corrected chi connectivity index (χ0v) is 14.2. The molecule has 0 bridgehead atoms. The van der Waals surface area contributed by atoms with E-state index in [9.17, 15) is 8.78 Å². The molecule has 0 fully saturated rings. The fourth-order valence-electron chi connectivity index (χ4n) is 1.94. The molecule has 0 radical (unpaired) electrons. The second kappa shape index (κ2) is 6.79. The normalized spacial score (nSPS) is 12.1. The summed E-state index contributed by atoms with van der Waals surface area (Å²) in [6.07, 6.45) is 0. The molecule has 2 nitrogen and oxygen atoms in total. The number of rotatable bonds is 4. The quantitative estimate of drug-likeness (QED) is 0.513. The number of methoxy groups -OCH3 is 2. The lowest BCUT2D eigenvalue weighted by molar-refractivity contribution is 0.351. The van der Waals surface area contributed by atoms with Crippen molar-refractivity contribution >= 4 is 34.2 Å². The maximum Gasteiger partial charge on any atom is 0.163 e. The van der Waals surface area contributed by atoms with Crippen LogP contribution < -0.4 is 9.47 Å². The summed E-state index contributed by atoms with van der Waals surface area (Å²) in [5, 5.41) is -0.752. The molecule has 2 rings (SSSR count). The van der Waals surface area contributed by atoms with Crippen LogP contribution in [0.15, 0.2) is 30.3 Å². The standard InChI is InChI=1S/C15H12ClF2IO2/c1-20-13-6-10(11(18)7-14(13)21-2)15(16)9-4-3-8(17)5-12(9)19/h3-7,15H,1-2H3. The summed E-state index contributed by atoms with van der Waals surface area (Å²) in [4.78, 5) is 0. The minimum Gasteiger partial charge on any atom is -0.493 e. The van der Waals surface area contributed by atoms with E-state index < -0.39 is 11.2 Å². The summed E-state index contributed by atoms with van der Waals surface area (Å²) in [5.41, 5.74) is 0.878. The largest absolute Gasteiger partial charge is 0.493 e. The van der Waals surface area contributed by atoms with E-state index in [-0.39, 0.29) is 17.1 Å². The molecule has 0 spiro atoms. The van der Waals surface area contributed by atoms with Crippen LogP contribution in [-0.2, 0) is 0 Å². The van der Waals surface area contributed by atoms with E-state index in [1.165, 1.54) is 38.5 Å². The topological polar surface area (TPSA) is 18.5 Å². The van der Waals surface area contributed by atoms with Crippen molar-refractivity contribution < 1.29 is 18.3 Å². The zero-order chi connectivity index (χ0) is 15.6. The van der Waals surface area contributed by atoms with Crippen molar-refractivity contribution in [1.82, 2.24) is 0 Å². The Bertz CT molecular complexity index is 664. The van der Waals surface area contributed by atoms with Crippen LogP contribution in [0.1, 0.15) is 16.5 Å². The molecule has 0 heterocycles. The maximum absolute atomic E-state index is 14.2. The van der Waals surface area contributed by atoms with E-state index >= 15 is 0 Å². The fourth-order valence-corrected chi connectivity index (χ4v) is 3.27. The predicted molar refractivity (Wildman–Crippen MR) is 86.3 cm³/mol. The Labute approximate surface area is 140 Å². The molecule has 1 atom stereocenters. The van der Waals surface area contributed by atoms with Gasteiger partial charge in [0.05, 0.1) is 19.6 Å². The molecule has 6 heteroatoms. The van der Waals surface area contributed by atoms with Crippen molar-refractivity contribution in [3.8, 4) is 11.5 Å². The SMILES string of the molecule is COc1cc(F)c(C(Cl)c2ccc(F)cc2I)cc1OC. The molecule has 0 aliphatic rings. The van der Waals surface area contributed by atoms with Crippen molar-refractivity contribution in [1.29, 1.82) is 0 Å². The summed E-state index contributed by atoms with van der Waals surface area (Å²) in [6, 6.07) is 6.91. The van der Waals surface area contributed by atoms with Gasteiger partial charge in [0.25, 0.3) is 0 Å². The molecule has 21 heavy (non-hydrogen) atoms. The van der Waals surface area contributed by atoms with Crippen LogP contribution in [-0.4, -0.2) is 14.2 Å². The van der Waals surface area contributed by atoms with Gasteiger partial charge in [0.15, 0.2) is 11.5 Å². The number of halogens is 4. The first-order valence-corrected chi connectivity index (χ1v) is 7.50. The van der Waals surface area contributed by atoms with Crippen LogP contribution in [0.3, 0.4) is 0 Å². The monoisotopic (exact) mass is 424 g/mol. The lowest BCUT2D eigenvalue weighted by Gasteiger charge is -2.16. The molecule has 0 saturated heterocycles. The average molecular weight is 425 g/mol. The highest BCUT2D eigenvalue weighted by Crippen LogP contribution is 2.38. The van der Waals surface area contributed by atoms with Crippen molar-refractivity contribution in [3.05, 3.63) is 56.7 Å². The first kappa shape index (κ1) is 16.3. The highest BCUT2D eigenvalue weighted by Gasteiger charge is 2.21. The molecular weight excluding hydrogens is 413 g/mol. The number of benzene rings is 2. The van der Waals surface area contributed by atoms with Gasteiger partial charge in [0, 0.05) is 15.2 Å². The van der Waals surface area contributed by atoms with E-state index in [1.807, 2.05) is 22.6 Å². The number of hydrogen-bond acceptors (Lipinski definition) is 2. The van der Waals surface area contributed by atoms with Crippen molar-refractivity contribution in [3.63, 3.8) is 0 Å². The van der Waals surface area contributed by atoms with Gasteiger partial charge < -0.3 is 9.47 Å². The summed E-state index contributed by atoms with van der Waals surface area (Å²) in [5.74, 6) is -0.194. The zero-order valence-electron chi connectivity index (χ0n) is 11.3. The fraction of sp³-hybridized carbons (Fsp3) is 0.200. The summed E-state index contributed by atoms with van der Waals surface area (Å²) in [6.45, 7) is 0. The third-order valence-electron chi connectivity index (χ3n) is 3.01. The van der Waals surface area contributed by atoms with Crippen molar-refractivity contribution in [2.45, 2.75) is 5.38 Å². The van der Waals surface area contributed by atoms with E-state index in [0.717, 1.165) is 0 Å². The van der Waals surface area contributed by atoms with Crippen molar-refractivity contribution in [2.75, 3.05) is 14.2 Å². The maximum atomic E-state index is 14.2. The Morgan fingerprint density at radius 1 is 1.00 bits per heavy atom. The van der Waals surface area contributed by atoms with Gasteiger partial charge in [0.1, 0.15) is 11.6 Å². The van der Waals surface area contributed by atoms with E-state index in [2.05, 4.69) is 0 Å². The second-order valence-electron chi connectivity index (χ2n) is 4.26. The van der Waals surface area contributed by atoms with Crippen LogP contribution in [0.5, 0.6) is 11.5 Å². The number of ether oxygens (including phenoxy) is 2. The molecule has 2 aromatic rings. The Hall–Kier alpha value is -1.08. The smallest absolute Gasteiger partial charge is 0.163 e. The van der Waals surface area contributed by atoms with E-state index in [0.29, 0.717) is 14.9 Å². The molecule has 0 N–H and O–H groups in total. The van der Waals surface area contributed by atoms with Crippen molar-refractivity contribution in [2.24, 2.45) is 0 Å². The highest BCUT2D eigenvalue weighted by atomic mass is 127. The summed E-state index contributed by atoms with van der Waals surface area (Å²) >= 11 is 8.32. The molecule has 0 aliphatic heterocycles. The van der Waals surface area contributed by atoms with Gasteiger partial charge in [-0.25, -0.2) is 8.78 Å². The van der Waals surface area contributed by atoms with Crippen LogP contribution in [0.2, 0.25) is 0 Å². The van der Waals surface area contributed by atoms with Gasteiger partial charge in [-0.15, -0.1) is 11.6 Å². The molecule has 1 unspecified atom stereocenters. The van der Waals surface area contributed by atoms with E-state index in [4.69, 9.17) is 21.1 Å². The lowest BCUT2D eigenvalue weighted by atomic mass is 10.0. The molecule has 2 aromatic carbocycles. The number of alkyl halides is 1. The molecule has 112 valence electrons. The molecule has 0 aromatic heterocycles. The first-order chi connectivity index (χ1) is 9.97. The minimum absolute atomic E-state index is 0.249. The third kappa shape index (κ3) is 3.40. The van der Waals surface area contributed by atoms with Crippen LogP contribution in [0, 0.1) is 15.2 Å². The summed E-state index contributed by atoms with van der Waals surface area (Å²) < 4.78 is 38.2. The van der Waals surface area contributed by atoms with Crippen LogP contribution >= 0.6 is 34.2 Å². The molecular formula is C15H12ClF2IO2. The Kier molecular flexibility index (Phi) is 5.27. The van der Waals surface area contributed by atoms with Gasteiger partial charge in [-0.3, -0.25) is 0 Å². The Balaban J connectivity index is 2.50. The van der Waals surface area contributed by atoms with Gasteiger partial charge in [-0.1, -0.05) is 6.07 Å². The van der Waals surface area contributed by atoms with E-state index in [1.54, 1.807) is 6.07 Å². The van der Waals surface area contributed by atoms with Gasteiger partial charge in [0.2, 0.25) is 0 Å². The van der Waals surface area contributed by atoms with Gasteiger partial charge in [-0.2, -0.15) is 0 Å². The molecule has 0 saturated carbocycles. The van der Waals surface area contributed by atoms with Gasteiger partial charge >= 0.3 is 0 Å². The first-order valence-electron chi connectivity index (χ1n) is 5.98.